The van der Waals surface area contributed by atoms with Crippen molar-refractivity contribution in [3.8, 4) is 0 Å². The highest BCUT2D eigenvalue weighted by Crippen LogP contribution is 2.26. The molecule has 0 saturated carbocycles. The third-order valence-electron chi connectivity index (χ3n) is 5.89. The van der Waals surface area contributed by atoms with Crippen LogP contribution in [-0.2, 0) is 13.0 Å². The Morgan fingerprint density at radius 3 is 2.70 bits per heavy atom. The number of imidazole rings is 1. The number of carbonyl (C=O) groups excluding carboxylic acids is 2. The number of hydrogen-bond acceptors (Lipinski definition) is 3. The van der Waals surface area contributed by atoms with Crippen LogP contribution in [0.4, 0.5) is 0 Å². The van der Waals surface area contributed by atoms with Crippen LogP contribution in [0.15, 0.2) is 0 Å². The molecule has 0 aromatic carbocycles. The van der Waals surface area contributed by atoms with Crippen molar-refractivity contribution in [2.75, 3.05) is 13.1 Å². The minimum atomic E-state index is -0.150. The van der Waals surface area contributed by atoms with Crippen molar-refractivity contribution in [1.82, 2.24) is 19.8 Å². The van der Waals surface area contributed by atoms with E-state index < -0.39 is 0 Å². The quantitative estimate of drug-likeness (QED) is 0.830. The second kappa shape index (κ2) is 8.89. The molecule has 3 rings (SSSR count). The Balaban J connectivity index is 1.84. The molecule has 1 atom stereocenters. The van der Waals surface area contributed by atoms with Crippen LogP contribution < -0.4 is 5.32 Å². The van der Waals surface area contributed by atoms with Gasteiger partial charge < -0.3 is 14.8 Å². The Bertz CT molecular complexity index is 680. The molecule has 1 saturated heterocycles. The smallest absolute Gasteiger partial charge is 0.287 e. The molecule has 1 N–H and O–H groups in total. The molecule has 0 radical (unpaired) electrons. The topological polar surface area (TPSA) is 67.2 Å². The van der Waals surface area contributed by atoms with Crippen molar-refractivity contribution in [3.05, 3.63) is 17.2 Å². The number of piperidine rings is 1. The van der Waals surface area contributed by atoms with E-state index in [-0.39, 0.29) is 11.8 Å². The summed E-state index contributed by atoms with van der Waals surface area (Å²) in [7, 11) is 0. The van der Waals surface area contributed by atoms with Gasteiger partial charge >= 0.3 is 0 Å². The number of nitrogens with zero attached hydrogens (tertiary/aromatic N) is 3. The van der Waals surface area contributed by atoms with Gasteiger partial charge in [-0.25, -0.2) is 4.98 Å². The summed E-state index contributed by atoms with van der Waals surface area (Å²) >= 11 is 0. The van der Waals surface area contributed by atoms with Gasteiger partial charge in [0.2, 0.25) is 0 Å². The summed E-state index contributed by atoms with van der Waals surface area (Å²) < 4.78 is 1.99. The summed E-state index contributed by atoms with van der Waals surface area (Å²) in [4.78, 5) is 32.6. The standard InChI is InChI=1S/C21H34N4O2/c1-4-16-9-5-7-13-24(16)21(27)18-17-10-6-8-14-25(17)19(23-18)20(26)22-12-11-15(2)3/h15-16H,4-14H2,1-3H3,(H,22,26). The van der Waals surface area contributed by atoms with E-state index in [4.69, 9.17) is 0 Å². The largest absolute Gasteiger partial charge is 0.349 e. The SMILES string of the molecule is CCC1CCCCN1C(=O)c1nc(C(=O)NCCC(C)C)n2c1CCCC2. The number of rotatable bonds is 6. The average molecular weight is 375 g/mol. The number of hydrogen-bond donors (Lipinski definition) is 1. The van der Waals surface area contributed by atoms with Crippen LogP contribution >= 0.6 is 0 Å². The van der Waals surface area contributed by atoms with Crippen molar-refractivity contribution in [3.63, 3.8) is 0 Å². The van der Waals surface area contributed by atoms with E-state index in [1.807, 2.05) is 9.47 Å². The van der Waals surface area contributed by atoms with Gasteiger partial charge in [-0.2, -0.15) is 0 Å². The number of amides is 2. The van der Waals surface area contributed by atoms with Gasteiger partial charge in [-0.3, -0.25) is 9.59 Å². The Hall–Kier alpha value is -1.85. The number of nitrogens with one attached hydrogen (secondary N) is 1. The van der Waals surface area contributed by atoms with Crippen molar-refractivity contribution in [1.29, 1.82) is 0 Å². The van der Waals surface area contributed by atoms with Gasteiger partial charge in [0.15, 0.2) is 5.82 Å². The summed E-state index contributed by atoms with van der Waals surface area (Å²) in [6, 6.07) is 0.301. The first-order valence-corrected chi connectivity index (χ1v) is 10.7. The average Bonchev–Trinajstić information content (AvgIpc) is 3.07. The zero-order valence-electron chi connectivity index (χ0n) is 17.1. The van der Waals surface area contributed by atoms with Crippen LogP contribution in [0.3, 0.4) is 0 Å². The molecule has 6 nitrogen and oxygen atoms in total. The highest BCUT2D eigenvalue weighted by molar-refractivity contribution is 5.97. The van der Waals surface area contributed by atoms with Crippen molar-refractivity contribution in [2.45, 2.75) is 84.7 Å². The molecule has 150 valence electrons. The van der Waals surface area contributed by atoms with Gasteiger partial charge in [0.1, 0.15) is 5.69 Å². The summed E-state index contributed by atoms with van der Waals surface area (Å²) in [6.07, 6.45) is 8.15. The molecule has 1 aromatic rings. The van der Waals surface area contributed by atoms with E-state index in [0.29, 0.717) is 30.0 Å². The maximum atomic E-state index is 13.3. The highest BCUT2D eigenvalue weighted by Gasteiger charge is 2.33. The number of aromatic nitrogens is 2. The first kappa shape index (κ1) is 19.9. The van der Waals surface area contributed by atoms with Crippen molar-refractivity contribution >= 4 is 11.8 Å². The lowest BCUT2D eigenvalue weighted by Gasteiger charge is -2.35. The minimum absolute atomic E-state index is 0.0217. The zero-order valence-corrected chi connectivity index (χ0v) is 17.1. The molecule has 1 unspecified atom stereocenters. The summed E-state index contributed by atoms with van der Waals surface area (Å²) in [5, 5.41) is 2.98. The van der Waals surface area contributed by atoms with E-state index in [2.05, 4.69) is 31.1 Å². The molecule has 6 heteroatoms. The molecule has 0 bridgehead atoms. The maximum absolute atomic E-state index is 13.3. The lowest BCUT2D eigenvalue weighted by molar-refractivity contribution is 0.0600. The van der Waals surface area contributed by atoms with Crippen LogP contribution in [-0.4, -0.2) is 45.4 Å². The Labute approximate surface area is 162 Å². The van der Waals surface area contributed by atoms with Crippen LogP contribution in [0.25, 0.3) is 0 Å². The monoisotopic (exact) mass is 374 g/mol. The number of fused-ring (bicyclic) bond motifs is 1. The first-order valence-electron chi connectivity index (χ1n) is 10.7. The molecule has 3 heterocycles. The second-order valence-electron chi connectivity index (χ2n) is 8.33. The molecule has 27 heavy (non-hydrogen) atoms. The van der Waals surface area contributed by atoms with Crippen LogP contribution in [0.1, 0.15) is 92.5 Å². The maximum Gasteiger partial charge on any atom is 0.287 e. The van der Waals surface area contributed by atoms with E-state index in [1.54, 1.807) is 0 Å². The molecule has 2 aliphatic heterocycles. The third kappa shape index (κ3) is 4.36. The minimum Gasteiger partial charge on any atom is -0.349 e. The molecule has 0 spiro atoms. The van der Waals surface area contributed by atoms with Gasteiger partial charge in [0, 0.05) is 25.7 Å². The summed E-state index contributed by atoms with van der Waals surface area (Å²) in [5.74, 6) is 0.834. The number of carbonyl (C=O) groups is 2. The molecule has 0 aliphatic carbocycles. The van der Waals surface area contributed by atoms with E-state index in [0.717, 1.165) is 63.7 Å². The van der Waals surface area contributed by atoms with Gasteiger partial charge in [-0.1, -0.05) is 20.8 Å². The molecular weight excluding hydrogens is 340 g/mol. The van der Waals surface area contributed by atoms with Crippen LogP contribution in [0.5, 0.6) is 0 Å². The van der Waals surface area contributed by atoms with E-state index in [1.165, 1.54) is 6.42 Å². The Kier molecular flexibility index (Phi) is 6.55. The Morgan fingerprint density at radius 2 is 1.96 bits per heavy atom. The molecular formula is C21H34N4O2. The fourth-order valence-corrected chi connectivity index (χ4v) is 4.27. The van der Waals surface area contributed by atoms with Crippen LogP contribution in [0, 0.1) is 5.92 Å². The third-order valence-corrected chi connectivity index (χ3v) is 5.89. The fraction of sp³-hybridized carbons (Fsp3) is 0.762. The zero-order chi connectivity index (χ0) is 19.4. The lowest BCUT2D eigenvalue weighted by atomic mass is 9.99. The predicted octanol–water partition coefficient (Wildman–Crippen LogP) is 3.40. The van der Waals surface area contributed by atoms with E-state index in [9.17, 15) is 9.59 Å². The summed E-state index contributed by atoms with van der Waals surface area (Å²) in [5.41, 5.74) is 1.48. The van der Waals surface area contributed by atoms with Gasteiger partial charge in [-0.05, 0) is 57.3 Å². The predicted molar refractivity (Wildman–Crippen MR) is 106 cm³/mol. The van der Waals surface area contributed by atoms with Gasteiger partial charge in [-0.15, -0.1) is 0 Å². The lowest BCUT2D eigenvalue weighted by Crippen LogP contribution is -2.44. The molecule has 2 aliphatic rings. The first-order chi connectivity index (χ1) is 13.0. The van der Waals surface area contributed by atoms with Crippen molar-refractivity contribution in [2.24, 2.45) is 5.92 Å². The molecule has 2 amide bonds. The molecule has 1 aromatic heterocycles. The normalized spacial score (nSPS) is 19.9. The second-order valence-corrected chi connectivity index (χ2v) is 8.33. The van der Waals surface area contributed by atoms with Gasteiger partial charge in [0.05, 0.1) is 5.69 Å². The van der Waals surface area contributed by atoms with Crippen molar-refractivity contribution < 1.29 is 9.59 Å². The van der Waals surface area contributed by atoms with Gasteiger partial charge in [0.25, 0.3) is 11.8 Å². The molecule has 1 fully saturated rings. The fourth-order valence-electron chi connectivity index (χ4n) is 4.27. The number of likely N-dealkylation sites (tertiary alicyclic amines) is 1. The summed E-state index contributed by atoms with van der Waals surface area (Å²) in [6.45, 7) is 8.66. The highest BCUT2D eigenvalue weighted by atomic mass is 16.2. The Morgan fingerprint density at radius 1 is 1.19 bits per heavy atom. The van der Waals surface area contributed by atoms with E-state index >= 15 is 0 Å². The van der Waals surface area contributed by atoms with Crippen LogP contribution in [0.2, 0.25) is 0 Å².